The van der Waals surface area contributed by atoms with Crippen molar-refractivity contribution in [3.8, 4) is 0 Å². The van der Waals surface area contributed by atoms with Crippen LogP contribution in [0.2, 0.25) is 0 Å². The average Bonchev–Trinajstić information content (AvgIpc) is 2.52. The minimum Gasteiger partial charge on any atom is -0.355 e. The van der Waals surface area contributed by atoms with E-state index in [1.807, 2.05) is 0 Å². The molecular weight excluding hydrogens is 408 g/mol. The number of halogens is 2. The third kappa shape index (κ3) is 5.12. The third-order valence-corrected chi connectivity index (χ3v) is 5.78. The zero-order valence-electron chi connectivity index (χ0n) is 12.4. The number of carbonyl (C=O) groups excluding carboxylic acids is 1. The van der Waals surface area contributed by atoms with Gasteiger partial charge in [0.15, 0.2) is 0 Å². The molecule has 1 fully saturated rings. The average molecular weight is 428 g/mol. The molecule has 1 aliphatic heterocycles. The van der Waals surface area contributed by atoms with Crippen LogP contribution in [-0.2, 0) is 14.8 Å². The minimum absolute atomic E-state index is 0. The van der Waals surface area contributed by atoms with E-state index in [4.69, 9.17) is 5.73 Å². The molecule has 1 unspecified atom stereocenters. The molecule has 7 nitrogen and oxygen atoms in total. The monoisotopic (exact) mass is 426 g/mol. The lowest BCUT2D eigenvalue weighted by Gasteiger charge is -2.31. The van der Waals surface area contributed by atoms with E-state index in [-0.39, 0.29) is 35.7 Å². The highest BCUT2D eigenvalue weighted by molar-refractivity contribution is 9.10. The number of nitrogens with two attached hydrogens (primary N) is 1. The number of amides is 1. The summed E-state index contributed by atoms with van der Waals surface area (Å²) in [6.07, 6.45) is 4.18. The van der Waals surface area contributed by atoms with Crippen molar-refractivity contribution in [2.75, 3.05) is 26.2 Å². The molecule has 1 aliphatic rings. The van der Waals surface area contributed by atoms with Gasteiger partial charge in [-0.15, -0.1) is 12.4 Å². The van der Waals surface area contributed by atoms with Crippen LogP contribution in [-0.4, -0.2) is 49.8 Å². The van der Waals surface area contributed by atoms with E-state index >= 15 is 0 Å². The van der Waals surface area contributed by atoms with Crippen LogP contribution in [0.4, 0.5) is 0 Å². The fourth-order valence-electron chi connectivity index (χ4n) is 2.40. The molecule has 2 heterocycles. The lowest BCUT2D eigenvalue weighted by Crippen LogP contribution is -2.46. The van der Waals surface area contributed by atoms with Crippen LogP contribution in [0.15, 0.2) is 27.8 Å². The number of hydrogen-bond donors (Lipinski definition) is 2. The van der Waals surface area contributed by atoms with Crippen molar-refractivity contribution >= 4 is 44.3 Å². The fourth-order valence-corrected chi connectivity index (χ4v) is 4.43. The predicted octanol–water partition coefficient (Wildman–Crippen LogP) is 0.742. The van der Waals surface area contributed by atoms with Crippen LogP contribution in [0.25, 0.3) is 0 Å². The van der Waals surface area contributed by atoms with Crippen LogP contribution < -0.4 is 11.1 Å². The van der Waals surface area contributed by atoms with Crippen LogP contribution in [0.3, 0.4) is 0 Å². The molecule has 1 amide bonds. The number of piperidine rings is 1. The number of aromatic nitrogens is 1. The van der Waals surface area contributed by atoms with Crippen LogP contribution >= 0.6 is 28.3 Å². The van der Waals surface area contributed by atoms with E-state index in [0.29, 0.717) is 36.9 Å². The second kappa shape index (κ2) is 8.93. The van der Waals surface area contributed by atoms with Gasteiger partial charge in [0.2, 0.25) is 15.9 Å². The number of nitrogens with zero attached hydrogens (tertiary/aromatic N) is 2. The number of pyridine rings is 1. The van der Waals surface area contributed by atoms with Crippen molar-refractivity contribution in [3.05, 3.63) is 22.9 Å². The Balaban J connectivity index is 0.00000264. The molecule has 2 rings (SSSR count). The van der Waals surface area contributed by atoms with Gasteiger partial charge in [-0.3, -0.25) is 9.78 Å². The van der Waals surface area contributed by atoms with Gasteiger partial charge in [0.25, 0.3) is 0 Å². The van der Waals surface area contributed by atoms with Gasteiger partial charge in [0.05, 0.1) is 5.92 Å². The van der Waals surface area contributed by atoms with Crippen molar-refractivity contribution in [1.29, 1.82) is 0 Å². The van der Waals surface area contributed by atoms with E-state index in [9.17, 15) is 13.2 Å². The Morgan fingerprint density at radius 1 is 1.48 bits per heavy atom. The number of carbonyl (C=O) groups is 1. The Morgan fingerprint density at radius 3 is 2.87 bits per heavy atom. The summed E-state index contributed by atoms with van der Waals surface area (Å²) < 4.78 is 27.2. The first-order valence-corrected chi connectivity index (χ1v) is 9.27. The molecule has 1 atom stereocenters. The van der Waals surface area contributed by atoms with Crippen molar-refractivity contribution < 1.29 is 13.2 Å². The summed E-state index contributed by atoms with van der Waals surface area (Å²) >= 11 is 3.22. The SMILES string of the molecule is Cl.NCCNC(=O)C1CCCN(S(=O)(=O)c2cncc(Br)c2)C1. The van der Waals surface area contributed by atoms with Gasteiger partial charge in [-0.1, -0.05) is 0 Å². The first kappa shape index (κ1) is 20.3. The van der Waals surface area contributed by atoms with Crippen molar-refractivity contribution in [2.45, 2.75) is 17.7 Å². The Morgan fingerprint density at radius 2 is 2.22 bits per heavy atom. The zero-order chi connectivity index (χ0) is 16.2. The third-order valence-electron chi connectivity index (χ3n) is 3.52. The van der Waals surface area contributed by atoms with Crippen molar-refractivity contribution in [1.82, 2.24) is 14.6 Å². The Bertz CT molecular complexity index is 644. The molecule has 3 N–H and O–H groups in total. The standard InChI is InChI=1S/C13H19BrN4O3S.ClH/c14-11-6-12(8-16-7-11)22(20,21)18-5-1-2-10(9-18)13(19)17-4-3-15;/h6-8,10H,1-5,9,15H2,(H,17,19);1H. The van der Waals surface area contributed by atoms with E-state index < -0.39 is 10.0 Å². The lowest BCUT2D eigenvalue weighted by molar-refractivity contribution is -0.126. The van der Waals surface area contributed by atoms with Crippen molar-refractivity contribution in [2.24, 2.45) is 11.7 Å². The summed E-state index contributed by atoms with van der Waals surface area (Å²) in [5, 5.41) is 2.72. The summed E-state index contributed by atoms with van der Waals surface area (Å²) in [5.74, 6) is -0.479. The van der Waals surface area contributed by atoms with Crippen LogP contribution in [0.5, 0.6) is 0 Å². The molecule has 1 saturated heterocycles. The molecule has 0 radical (unpaired) electrons. The molecule has 10 heteroatoms. The highest BCUT2D eigenvalue weighted by Gasteiger charge is 2.33. The van der Waals surface area contributed by atoms with E-state index in [1.54, 1.807) is 0 Å². The number of sulfonamides is 1. The van der Waals surface area contributed by atoms with Gasteiger partial charge < -0.3 is 11.1 Å². The quantitative estimate of drug-likeness (QED) is 0.721. The van der Waals surface area contributed by atoms with Gasteiger partial charge in [-0.25, -0.2) is 8.42 Å². The maximum atomic E-state index is 12.6. The smallest absolute Gasteiger partial charge is 0.244 e. The highest BCUT2D eigenvalue weighted by atomic mass is 79.9. The van der Waals surface area contributed by atoms with E-state index in [0.717, 1.165) is 0 Å². The Kier molecular flexibility index (Phi) is 7.88. The topological polar surface area (TPSA) is 105 Å². The van der Waals surface area contributed by atoms with Gasteiger partial charge in [0, 0.05) is 43.0 Å². The van der Waals surface area contributed by atoms with Gasteiger partial charge in [-0.05, 0) is 34.8 Å². The molecule has 1 aromatic rings. The Labute approximate surface area is 150 Å². The van der Waals surface area contributed by atoms with Gasteiger partial charge in [-0.2, -0.15) is 4.31 Å². The molecule has 0 bridgehead atoms. The Hall–Kier alpha value is -0.740. The van der Waals surface area contributed by atoms with E-state index in [2.05, 4.69) is 26.2 Å². The molecule has 130 valence electrons. The molecule has 0 aliphatic carbocycles. The van der Waals surface area contributed by atoms with Gasteiger partial charge >= 0.3 is 0 Å². The summed E-state index contributed by atoms with van der Waals surface area (Å²) in [5.41, 5.74) is 5.36. The summed E-state index contributed by atoms with van der Waals surface area (Å²) in [7, 11) is -3.64. The summed E-state index contributed by atoms with van der Waals surface area (Å²) in [6.45, 7) is 1.36. The second-order valence-corrected chi connectivity index (χ2v) is 7.97. The summed E-state index contributed by atoms with van der Waals surface area (Å²) in [6, 6.07) is 1.51. The predicted molar refractivity (Wildman–Crippen MR) is 92.7 cm³/mol. The molecule has 0 saturated carbocycles. The highest BCUT2D eigenvalue weighted by Crippen LogP contribution is 2.24. The molecular formula is C13H20BrClN4O3S. The van der Waals surface area contributed by atoms with Crippen LogP contribution in [0, 0.1) is 5.92 Å². The fraction of sp³-hybridized carbons (Fsp3) is 0.538. The minimum atomic E-state index is -3.64. The molecule has 1 aromatic heterocycles. The number of nitrogens with one attached hydrogen (secondary N) is 1. The largest absolute Gasteiger partial charge is 0.355 e. The second-order valence-electron chi connectivity index (χ2n) is 5.12. The molecule has 23 heavy (non-hydrogen) atoms. The summed E-state index contributed by atoms with van der Waals surface area (Å²) in [4.78, 5) is 16.0. The normalized spacial score (nSPS) is 19.0. The zero-order valence-corrected chi connectivity index (χ0v) is 15.7. The number of hydrogen-bond acceptors (Lipinski definition) is 5. The van der Waals surface area contributed by atoms with Crippen LogP contribution in [0.1, 0.15) is 12.8 Å². The first-order chi connectivity index (χ1) is 10.4. The van der Waals surface area contributed by atoms with E-state index in [1.165, 1.54) is 22.8 Å². The van der Waals surface area contributed by atoms with Gasteiger partial charge in [0.1, 0.15) is 4.90 Å². The molecule has 0 spiro atoms. The molecule has 0 aromatic carbocycles. The van der Waals surface area contributed by atoms with Crippen molar-refractivity contribution in [3.63, 3.8) is 0 Å². The number of rotatable bonds is 5. The maximum absolute atomic E-state index is 12.6. The maximum Gasteiger partial charge on any atom is 0.244 e. The lowest BCUT2D eigenvalue weighted by atomic mass is 9.99. The first-order valence-electron chi connectivity index (χ1n) is 7.03.